The first-order valence-corrected chi connectivity index (χ1v) is 1.86. The van der Waals surface area contributed by atoms with Crippen LogP contribution in [0.4, 0.5) is 0 Å². The number of hydrogen-bond donors (Lipinski definition) is 0. The monoisotopic (exact) mass is 101 g/mol. The Morgan fingerprint density at radius 2 is 2.43 bits per heavy atom. The molecule has 0 bridgehead atoms. The lowest BCUT2D eigenvalue weighted by molar-refractivity contribution is -0.135. The molecule has 0 spiro atoms. The smallest absolute Gasteiger partial charge is 0.383 e. The zero-order valence-electron chi connectivity index (χ0n) is 3.93. The quantitative estimate of drug-likeness (QED) is 0.353. The summed E-state index contributed by atoms with van der Waals surface area (Å²) in [6, 6.07) is 0. The van der Waals surface area contributed by atoms with Gasteiger partial charge in [0.2, 0.25) is 0 Å². The third-order valence-corrected chi connectivity index (χ3v) is 0.359. The summed E-state index contributed by atoms with van der Waals surface area (Å²) in [5.41, 5.74) is 0. The van der Waals surface area contributed by atoms with Gasteiger partial charge in [-0.15, -0.1) is 0 Å². The van der Waals surface area contributed by atoms with Crippen LogP contribution in [-0.4, -0.2) is 18.9 Å². The van der Waals surface area contributed by atoms with E-state index in [1.165, 1.54) is 0 Å². The summed E-state index contributed by atoms with van der Waals surface area (Å²) in [4.78, 5) is 19.1. The van der Waals surface area contributed by atoms with E-state index in [9.17, 15) is 9.59 Å². The second kappa shape index (κ2) is 3.33. The molecule has 7 heavy (non-hydrogen) atoms. The van der Waals surface area contributed by atoms with E-state index < -0.39 is 5.97 Å². The summed E-state index contributed by atoms with van der Waals surface area (Å²) < 4.78 is 4.13. The second-order valence-corrected chi connectivity index (χ2v) is 0.823. The first kappa shape index (κ1) is 6.14. The number of esters is 1. The Labute approximate surface area is 41.3 Å². The minimum atomic E-state index is -0.928. The molecule has 0 saturated carbocycles. The Hall–Kier alpha value is -0.860. The average Bonchev–Trinajstić information content (AvgIpc) is 1.68. The topological polar surface area (TPSA) is 43.4 Å². The van der Waals surface area contributed by atoms with Gasteiger partial charge in [-0.3, -0.25) is 4.79 Å². The molecule has 0 amide bonds. The Kier molecular flexibility index (Phi) is 2.92. The van der Waals surface area contributed by atoms with Crippen LogP contribution in [0, 0.1) is 0 Å². The van der Waals surface area contributed by atoms with Gasteiger partial charge in [0.05, 0.1) is 6.61 Å². The van der Waals surface area contributed by atoms with Crippen LogP contribution >= 0.6 is 0 Å². The number of hydrogen-bond acceptors (Lipinski definition) is 3. The normalized spacial score (nSPS) is 7.57. The molecule has 3 heteroatoms. The number of carbonyl (C=O) groups is 1. The first-order valence-electron chi connectivity index (χ1n) is 1.86. The van der Waals surface area contributed by atoms with E-state index in [1.807, 2.05) is 0 Å². The second-order valence-electron chi connectivity index (χ2n) is 0.823. The fourth-order valence-corrected chi connectivity index (χ4v) is 0.161. The SMILES string of the molecule is CCOC(=O)[C]=O. The van der Waals surface area contributed by atoms with Crippen molar-refractivity contribution in [3.05, 3.63) is 0 Å². The van der Waals surface area contributed by atoms with Crippen LogP contribution in [-0.2, 0) is 14.3 Å². The van der Waals surface area contributed by atoms with Crippen molar-refractivity contribution in [3.8, 4) is 0 Å². The summed E-state index contributed by atoms with van der Waals surface area (Å²) in [5, 5.41) is 0. The lowest BCUT2D eigenvalue weighted by Gasteiger charge is -1.87. The lowest BCUT2D eigenvalue weighted by atomic mass is 10.7. The summed E-state index contributed by atoms with van der Waals surface area (Å²) in [7, 11) is 0. The molecule has 0 aromatic rings. The van der Waals surface area contributed by atoms with Crippen molar-refractivity contribution < 1.29 is 14.3 Å². The van der Waals surface area contributed by atoms with Crippen LogP contribution in [0.2, 0.25) is 0 Å². The maximum Gasteiger partial charge on any atom is 0.383 e. The maximum atomic E-state index is 9.77. The molecule has 0 aliphatic carbocycles. The van der Waals surface area contributed by atoms with Gasteiger partial charge in [0.15, 0.2) is 0 Å². The third-order valence-electron chi connectivity index (χ3n) is 0.359. The van der Waals surface area contributed by atoms with Gasteiger partial charge in [0.1, 0.15) is 0 Å². The predicted molar refractivity (Wildman–Crippen MR) is 22.3 cm³/mol. The van der Waals surface area contributed by atoms with E-state index in [2.05, 4.69) is 4.74 Å². The predicted octanol–water partition coefficient (Wildman–Crippen LogP) is -0.341. The molecule has 0 heterocycles. The Balaban J connectivity index is 3.17. The minimum absolute atomic E-state index is 0.230. The first-order chi connectivity index (χ1) is 3.31. The lowest BCUT2D eigenvalue weighted by Crippen LogP contribution is -2.03. The summed E-state index contributed by atoms with van der Waals surface area (Å²) in [5.74, 6) is -0.928. The van der Waals surface area contributed by atoms with Crippen molar-refractivity contribution in [3.63, 3.8) is 0 Å². The molecule has 0 fully saturated rings. The summed E-state index contributed by atoms with van der Waals surface area (Å²) in [6.07, 6.45) is 1.05. The van der Waals surface area contributed by atoms with E-state index in [0.717, 1.165) is 6.29 Å². The van der Waals surface area contributed by atoms with E-state index in [0.29, 0.717) is 0 Å². The minimum Gasteiger partial charge on any atom is -0.460 e. The standard InChI is InChI=1S/C4H5O3/c1-2-7-4(6)3-5/h2H2,1H3. The van der Waals surface area contributed by atoms with E-state index >= 15 is 0 Å². The van der Waals surface area contributed by atoms with Crippen LogP contribution in [0.3, 0.4) is 0 Å². The average molecular weight is 101 g/mol. The molecule has 0 aromatic carbocycles. The molecule has 0 unspecified atom stereocenters. The van der Waals surface area contributed by atoms with Crippen LogP contribution in [0.25, 0.3) is 0 Å². The van der Waals surface area contributed by atoms with Crippen LogP contribution in [0.5, 0.6) is 0 Å². The van der Waals surface area contributed by atoms with E-state index in [1.54, 1.807) is 6.92 Å². The Bertz CT molecular complexity index is 77.0. The van der Waals surface area contributed by atoms with Gasteiger partial charge < -0.3 is 4.74 Å². The Morgan fingerprint density at radius 3 is 2.57 bits per heavy atom. The number of carbonyl (C=O) groups excluding carboxylic acids is 2. The molecular formula is C4H5O3. The highest BCUT2D eigenvalue weighted by Gasteiger charge is 1.94. The highest BCUT2D eigenvalue weighted by Crippen LogP contribution is 1.68. The largest absolute Gasteiger partial charge is 0.460 e. The molecule has 0 atom stereocenters. The molecular weight excluding hydrogens is 96.0 g/mol. The highest BCUT2D eigenvalue weighted by atomic mass is 16.5. The molecule has 0 saturated heterocycles. The molecule has 0 aromatic heterocycles. The van der Waals surface area contributed by atoms with Crippen LogP contribution < -0.4 is 0 Å². The third kappa shape index (κ3) is 2.96. The van der Waals surface area contributed by atoms with Crippen molar-refractivity contribution >= 4 is 12.3 Å². The molecule has 0 rings (SSSR count). The molecule has 3 nitrogen and oxygen atoms in total. The number of ether oxygens (including phenoxy) is 1. The van der Waals surface area contributed by atoms with Crippen molar-refractivity contribution in [2.75, 3.05) is 6.61 Å². The van der Waals surface area contributed by atoms with Gasteiger partial charge in [0, 0.05) is 0 Å². The van der Waals surface area contributed by atoms with Gasteiger partial charge in [-0.1, -0.05) is 0 Å². The molecule has 39 valence electrons. The summed E-state index contributed by atoms with van der Waals surface area (Å²) >= 11 is 0. The molecule has 1 radical (unpaired) electrons. The summed E-state index contributed by atoms with van der Waals surface area (Å²) in [6.45, 7) is 1.85. The van der Waals surface area contributed by atoms with Gasteiger partial charge in [-0.2, -0.15) is 0 Å². The number of rotatable bonds is 2. The van der Waals surface area contributed by atoms with E-state index in [-0.39, 0.29) is 6.61 Å². The fraction of sp³-hybridized carbons (Fsp3) is 0.500. The van der Waals surface area contributed by atoms with Gasteiger partial charge >= 0.3 is 12.3 Å². The van der Waals surface area contributed by atoms with Crippen LogP contribution in [0.15, 0.2) is 0 Å². The molecule has 0 aliphatic heterocycles. The maximum absolute atomic E-state index is 9.77. The fourth-order valence-electron chi connectivity index (χ4n) is 0.161. The van der Waals surface area contributed by atoms with Gasteiger partial charge in [-0.25, -0.2) is 4.79 Å². The van der Waals surface area contributed by atoms with Crippen LogP contribution in [0.1, 0.15) is 6.92 Å². The Morgan fingerprint density at radius 1 is 1.86 bits per heavy atom. The van der Waals surface area contributed by atoms with Crippen molar-refractivity contribution in [2.24, 2.45) is 0 Å². The molecule has 0 aliphatic rings. The van der Waals surface area contributed by atoms with Crippen molar-refractivity contribution in [1.82, 2.24) is 0 Å². The zero-order valence-corrected chi connectivity index (χ0v) is 3.93. The van der Waals surface area contributed by atoms with Gasteiger partial charge in [0.25, 0.3) is 0 Å². The zero-order chi connectivity index (χ0) is 5.70. The highest BCUT2D eigenvalue weighted by molar-refractivity contribution is 6.20. The van der Waals surface area contributed by atoms with Gasteiger partial charge in [-0.05, 0) is 6.92 Å². The van der Waals surface area contributed by atoms with Crippen molar-refractivity contribution in [2.45, 2.75) is 6.92 Å². The van der Waals surface area contributed by atoms with Crippen molar-refractivity contribution in [1.29, 1.82) is 0 Å². The van der Waals surface area contributed by atoms with E-state index in [4.69, 9.17) is 0 Å². The molecule has 0 N–H and O–H groups in total.